The Balaban J connectivity index is 1.58. The van der Waals surface area contributed by atoms with Crippen LogP contribution in [-0.4, -0.2) is 29.9 Å². The Morgan fingerprint density at radius 3 is 2.55 bits per heavy atom. The summed E-state index contributed by atoms with van der Waals surface area (Å²) in [5.74, 6) is 0.532. The Labute approximate surface area is 173 Å². The van der Waals surface area contributed by atoms with Crippen molar-refractivity contribution in [2.24, 2.45) is 0 Å². The topological polar surface area (TPSA) is 62.6 Å². The lowest BCUT2D eigenvalue weighted by atomic mass is 10.00. The van der Waals surface area contributed by atoms with Crippen LogP contribution in [0, 0.1) is 6.92 Å². The maximum Gasteiger partial charge on any atom is 0.349 e. The number of carbonyl (C=O) groups excluding carboxylic acids is 1. The van der Waals surface area contributed by atoms with Gasteiger partial charge in [0.2, 0.25) is 0 Å². The van der Waals surface area contributed by atoms with Gasteiger partial charge in [-0.1, -0.05) is 50.6 Å². The Morgan fingerprint density at radius 2 is 1.93 bits per heavy atom. The van der Waals surface area contributed by atoms with Crippen molar-refractivity contribution in [3.05, 3.63) is 69.3 Å². The highest BCUT2D eigenvalue weighted by molar-refractivity contribution is 5.95. The number of likely N-dealkylation sites (tertiary alicyclic amines) is 1. The summed E-state index contributed by atoms with van der Waals surface area (Å²) < 4.78 is 5.47. The predicted octanol–water partition coefficient (Wildman–Crippen LogP) is 4.25. The molecular formula is C24H32N2O3. The lowest BCUT2D eigenvalue weighted by Gasteiger charge is -2.32. The van der Waals surface area contributed by atoms with Crippen LogP contribution in [-0.2, 0) is 6.54 Å². The quantitative estimate of drug-likeness (QED) is 0.760. The van der Waals surface area contributed by atoms with Crippen LogP contribution in [0.5, 0.6) is 0 Å². The number of nitrogens with zero attached hydrogens (tertiary/aromatic N) is 1. The van der Waals surface area contributed by atoms with Crippen LogP contribution in [0.25, 0.3) is 0 Å². The molecule has 5 nitrogen and oxygen atoms in total. The van der Waals surface area contributed by atoms with Gasteiger partial charge in [0.25, 0.3) is 5.91 Å². The maximum absolute atomic E-state index is 12.7. The molecule has 0 saturated carbocycles. The van der Waals surface area contributed by atoms with E-state index < -0.39 is 5.63 Å². The number of amides is 1. The Kier molecular flexibility index (Phi) is 7.26. The molecule has 0 radical (unpaired) electrons. The molecule has 0 bridgehead atoms. The van der Waals surface area contributed by atoms with Crippen LogP contribution >= 0.6 is 0 Å². The molecule has 0 spiro atoms. The van der Waals surface area contributed by atoms with E-state index in [0.717, 1.165) is 45.3 Å². The number of hydrogen-bond donors (Lipinski definition) is 1. The van der Waals surface area contributed by atoms with E-state index in [1.54, 1.807) is 0 Å². The molecule has 1 unspecified atom stereocenters. The molecule has 156 valence electrons. The van der Waals surface area contributed by atoms with Crippen LogP contribution in [0.1, 0.15) is 72.7 Å². The number of piperidine rings is 1. The molecular weight excluding hydrogens is 364 g/mol. The van der Waals surface area contributed by atoms with E-state index in [2.05, 4.69) is 41.4 Å². The van der Waals surface area contributed by atoms with Crippen molar-refractivity contribution in [2.45, 2.75) is 65.0 Å². The Morgan fingerprint density at radius 1 is 1.24 bits per heavy atom. The molecule has 1 atom stereocenters. The van der Waals surface area contributed by atoms with Crippen molar-refractivity contribution in [3.63, 3.8) is 0 Å². The molecule has 5 heteroatoms. The standard InChI is InChI=1S/C24H32N2O3/c1-4-8-17(2)21-15-18(3)22(24(28)29-21)23(27)25-20-11-13-26(14-12-20)16-19-9-6-5-7-10-19/h5-7,9-10,15,17,20H,4,8,11-14,16H2,1-3H3,(H,25,27). The highest BCUT2D eigenvalue weighted by Gasteiger charge is 2.24. The summed E-state index contributed by atoms with van der Waals surface area (Å²) in [7, 11) is 0. The third-order valence-corrected chi connectivity index (χ3v) is 5.77. The molecule has 1 aliphatic rings. The normalized spacial score (nSPS) is 16.5. The number of benzene rings is 1. The van der Waals surface area contributed by atoms with Crippen LogP contribution < -0.4 is 10.9 Å². The van der Waals surface area contributed by atoms with E-state index >= 15 is 0 Å². The van der Waals surface area contributed by atoms with Gasteiger partial charge in [-0.15, -0.1) is 0 Å². The van der Waals surface area contributed by atoms with Gasteiger partial charge in [0.05, 0.1) is 0 Å². The largest absolute Gasteiger partial charge is 0.427 e. The summed E-state index contributed by atoms with van der Waals surface area (Å²) in [6, 6.07) is 12.4. The second-order valence-electron chi connectivity index (χ2n) is 8.19. The molecule has 2 aromatic rings. The third-order valence-electron chi connectivity index (χ3n) is 5.77. The zero-order chi connectivity index (χ0) is 20.8. The molecule has 1 aliphatic heterocycles. The molecule has 1 amide bonds. The first kappa shape index (κ1) is 21.3. The summed E-state index contributed by atoms with van der Waals surface area (Å²) in [5, 5.41) is 3.05. The van der Waals surface area contributed by atoms with Gasteiger partial charge in [0, 0.05) is 31.6 Å². The second-order valence-corrected chi connectivity index (χ2v) is 8.19. The monoisotopic (exact) mass is 396 g/mol. The first-order valence-electron chi connectivity index (χ1n) is 10.7. The van der Waals surface area contributed by atoms with Gasteiger partial charge in [0.15, 0.2) is 0 Å². The highest BCUT2D eigenvalue weighted by Crippen LogP contribution is 2.21. The molecule has 1 saturated heterocycles. The van der Waals surface area contributed by atoms with Gasteiger partial charge < -0.3 is 9.73 Å². The van der Waals surface area contributed by atoms with Gasteiger partial charge in [-0.25, -0.2) is 4.79 Å². The van der Waals surface area contributed by atoms with Crippen LogP contribution in [0.2, 0.25) is 0 Å². The van der Waals surface area contributed by atoms with E-state index in [4.69, 9.17) is 4.42 Å². The molecule has 1 N–H and O–H groups in total. The summed E-state index contributed by atoms with van der Waals surface area (Å²) >= 11 is 0. The minimum atomic E-state index is -0.526. The molecule has 3 rings (SSSR count). The van der Waals surface area contributed by atoms with Gasteiger partial charge in [0.1, 0.15) is 11.3 Å². The Hall–Kier alpha value is -2.40. The van der Waals surface area contributed by atoms with Crippen molar-refractivity contribution < 1.29 is 9.21 Å². The number of nitrogens with one attached hydrogen (secondary N) is 1. The molecule has 1 fully saturated rings. The van der Waals surface area contributed by atoms with Crippen molar-refractivity contribution in [3.8, 4) is 0 Å². The van der Waals surface area contributed by atoms with Gasteiger partial charge >= 0.3 is 5.63 Å². The van der Waals surface area contributed by atoms with Gasteiger partial charge in [-0.05, 0) is 43.4 Å². The van der Waals surface area contributed by atoms with Gasteiger partial charge in [-0.3, -0.25) is 9.69 Å². The Bertz CT molecular complexity index is 867. The summed E-state index contributed by atoms with van der Waals surface area (Å²) in [4.78, 5) is 27.6. The van der Waals surface area contributed by atoms with Crippen molar-refractivity contribution in [2.75, 3.05) is 13.1 Å². The van der Waals surface area contributed by atoms with E-state index in [-0.39, 0.29) is 23.4 Å². The number of rotatable bonds is 7. The number of carbonyl (C=O) groups is 1. The van der Waals surface area contributed by atoms with Crippen molar-refractivity contribution in [1.82, 2.24) is 10.2 Å². The summed E-state index contributed by atoms with van der Waals surface area (Å²) in [5.41, 5.74) is 1.62. The average Bonchev–Trinajstić information content (AvgIpc) is 2.70. The van der Waals surface area contributed by atoms with E-state index in [0.29, 0.717) is 11.3 Å². The highest BCUT2D eigenvalue weighted by atomic mass is 16.4. The molecule has 2 heterocycles. The first-order chi connectivity index (χ1) is 14.0. The minimum absolute atomic E-state index is 0.0898. The van der Waals surface area contributed by atoms with Crippen LogP contribution in [0.3, 0.4) is 0 Å². The first-order valence-corrected chi connectivity index (χ1v) is 10.7. The fourth-order valence-corrected chi connectivity index (χ4v) is 4.06. The van der Waals surface area contributed by atoms with E-state index in [9.17, 15) is 9.59 Å². The molecule has 1 aromatic carbocycles. The predicted molar refractivity (Wildman–Crippen MR) is 115 cm³/mol. The number of aryl methyl sites for hydroxylation is 1. The molecule has 0 aliphatic carbocycles. The van der Waals surface area contributed by atoms with E-state index in [1.165, 1.54) is 5.56 Å². The minimum Gasteiger partial charge on any atom is -0.427 e. The fourth-order valence-electron chi connectivity index (χ4n) is 4.06. The lowest BCUT2D eigenvalue weighted by molar-refractivity contribution is 0.0903. The number of hydrogen-bond acceptors (Lipinski definition) is 4. The van der Waals surface area contributed by atoms with E-state index in [1.807, 2.05) is 26.0 Å². The zero-order valence-corrected chi connectivity index (χ0v) is 17.7. The van der Waals surface area contributed by atoms with Crippen LogP contribution in [0.4, 0.5) is 0 Å². The zero-order valence-electron chi connectivity index (χ0n) is 17.7. The third kappa shape index (κ3) is 5.57. The average molecular weight is 397 g/mol. The SMILES string of the molecule is CCCC(C)c1cc(C)c(C(=O)NC2CCN(Cc3ccccc3)CC2)c(=O)o1. The van der Waals surface area contributed by atoms with Crippen molar-refractivity contribution in [1.29, 1.82) is 0 Å². The van der Waals surface area contributed by atoms with Crippen LogP contribution in [0.15, 0.2) is 45.6 Å². The second kappa shape index (κ2) is 9.88. The molecule has 1 aromatic heterocycles. The van der Waals surface area contributed by atoms with Gasteiger partial charge in [-0.2, -0.15) is 0 Å². The lowest BCUT2D eigenvalue weighted by Crippen LogP contribution is -2.45. The fraction of sp³-hybridized carbons (Fsp3) is 0.500. The van der Waals surface area contributed by atoms with Crippen molar-refractivity contribution >= 4 is 5.91 Å². The smallest absolute Gasteiger partial charge is 0.349 e. The maximum atomic E-state index is 12.7. The molecule has 29 heavy (non-hydrogen) atoms. The summed E-state index contributed by atoms with van der Waals surface area (Å²) in [6.45, 7) is 8.76. The summed E-state index contributed by atoms with van der Waals surface area (Å²) in [6.07, 6.45) is 3.74.